The van der Waals surface area contributed by atoms with Gasteiger partial charge in [0.25, 0.3) is 0 Å². The highest BCUT2D eigenvalue weighted by Crippen LogP contribution is 2.50. The van der Waals surface area contributed by atoms with Crippen molar-refractivity contribution in [3.63, 3.8) is 0 Å². The number of hydrogen-bond donors (Lipinski definition) is 1. The summed E-state index contributed by atoms with van der Waals surface area (Å²) in [7, 11) is -2.12. The van der Waals surface area contributed by atoms with Crippen molar-refractivity contribution >= 4 is 21.6 Å². The molecular formula is C20H28N2O5S. The van der Waals surface area contributed by atoms with E-state index in [0.29, 0.717) is 61.9 Å². The number of nitrogens with one attached hydrogen (secondary N) is 1. The average molecular weight is 409 g/mol. The normalized spacial score (nSPS) is 20.9. The molecule has 1 heterocycles. The average Bonchev–Trinajstić information content (AvgIpc) is 3.60. The van der Waals surface area contributed by atoms with Gasteiger partial charge >= 0.3 is 0 Å². The SMILES string of the molecule is COc1ccc(S(=O)(=O)N2CCOCC2)cc1NC(=O)CC(C1CC1)C1CC1. The first-order valence-corrected chi connectivity index (χ1v) is 11.5. The topological polar surface area (TPSA) is 84.9 Å². The first kappa shape index (κ1) is 19.7. The maximum absolute atomic E-state index is 12.9. The maximum Gasteiger partial charge on any atom is 0.243 e. The molecule has 3 aliphatic rings. The predicted octanol–water partition coefficient (Wildman–Crippen LogP) is 2.48. The standard InChI is InChI=1S/C20H28N2O5S/c1-26-19-7-6-16(28(24,25)22-8-10-27-11-9-22)12-18(19)21-20(23)13-17(14-2-3-14)15-4-5-15/h6-7,12,14-15,17H,2-5,8-11,13H2,1H3,(H,21,23). The monoisotopic (exact) mass is 408 g/mol. The Morgan fingerprint density at radius 2 is 1.86 bits per heavy atom. The molecule has 0 atom stereocenters. The molecule has 2 aliphatic carbocycles. The third-order valence-corrected chi connectivity index (χ3v) is 7.82. The molecule has 1 aromatic carbocycles. The van der Waals surface area contributed by atoms with Gasteiger partial charge in [-0.05, 0) is 61.6 Å². The second kappa shape index (κ2) is 8.00. The number of sulfonamides is 1. The second-order valence-corrected chi connectivity index (χ2v) is 9.91. The smallest absolute Gasteiger partial charge is 0.243 e. The quantitative estimate of drug-likeness (QED) is 0.714. The predicted molar refractivity (Wildman–Crippen MR) is 105 cm³/mol. The van der Waals surface area contributed by atoms with Gasteiger partial charge in [-0.1, -0.05) is 0 Å². The van der Waals surface area contributed by atoms with Crippen LogP contribution in [0.2, 0.25) is 0 Å². The van der Waals surface area contributed by atoms with Crippen molar-refractivity contribution in [1.29, 1.82) is 0 Å². The van der Waals surface area contributed by atoms with Gasteiger partial charge < -0.3 is 14.8 Å². The number of amides is 1. The van der Waals surface area contributed by atoms with Crippen LogP contribution in [0.4, 0.5) is 5.69 Å². The minimum atomic E-state index is -3.63. The summed E-state index contributed by atoms with van der Waals surface area (Å²) < 4.78 is 37.8. The fourth-order valence-electron chi connectivity index (χ4n) is 4.06. The van der Waals surface area contributed by atoms with Crippen LogP contribution in [0.3, 0.4) is 0 Å². The Bertz CT molecular complexity index is 815. The molecule has 1 aliphatic heterocycles. The van der Waals surface area contributed by atoms with Crippen molar-refractivity contribution in [3.05, 3.63) is 18.2 Å². The van der Waals surface area contributed by atoms with Crippen molar-refractivity contribution in [2.24, 2.45) is 17.8 Å². The van der Waals surface area contributed by atoms with E-state index in [2.05, 4.69) is 5.32 Å². The Balaban J connectivity index is 1.50. The van der Waals surface area contributed by atoms with Gasteiger partial charge in [-0.15, -0.1) is 0 Å². The first-order chi connectivity index (χ1) is 13.5. The number of rotatable bonds is 8. The maximum atomic E-state index is 12.9. The lowest BCUT2D eigenvalue weighted by Crippen LogP contribution is -2.40. The lowest BCUT2D eigenvalue weighted by Gasteiger charge is -2.26. The molecule has 4 rings (SSSR count). The van der Waals surface area contributed by atoms with Crippen molar-refractivity contribution in [1.82, 2.24) is 4.31 Å². The number of carbonyl (C=O) groups is 1. The second-order valence-electron chi connectivity index (χ2n) is 7.97. The molecule has 0 spiro atoms. The molecule has 28 heavy (non-hydrogen) atoms. The van der Waals surface area contributed by atoms with Gasteiger partial charge in [-0.3, -0.25) is 4.79 Å². The number of carbonyl (C=O) groups excluding carboxylic acids is 1. The van der Waals surface area contributed by atoms with Crippen LogP contribution in [-0.2, 0) is 19.6 Å². The van der Waals surface area contributed by atoms with Gasteiger partial charge in [0.05, 0.1) is 30.9 Å². The van der Waals surface area contributed by atoms with Crippen molar-refractivity contribution in [2.45, 2.75) is 37.0 Å². The van der Waals surface area contributed by atoms with E-state index in [4.69, 9.17) is 9.47 Å². The Kier molecular flexibility index (Phi) is 5.62. The summed E-state index contributed by atoms with van der Waals surface area (Å²) in [5.41, 5.74) is 0.409. The highest BCUT2D eigenvalue weighted by atomic mass is 32.2. The van der Waals surface area contributed by atoms with E-state index in [1.54, 1.807) is 6.07 Å². The van der Waals surface area contributed by atoms with Gasteiger partial charge in [0.1, 0.15) is 5.75 Å². The molecule has 1 saturated heterocycles. The van der Waals surface area contributed by atoms with E-state index in [-0.39, 0.29) is 10.8 Å². The summed E-state index contributed by atoms with van der Waals surface area (Å²) in [5, 5.41) is 2.90. The summed E-state index contributed by atoms with van der Waals surface area (Å²) in [6.45, 7) is 1.45. The van der Waals surface area contributed by atoms with E-state index in [1.165, 1.54) is 49.2 Å². The molecule has 0 unspecified atom stereocenters. The first-order valence-electron chi connectivity index (χ1n) is 10.0. The van der Waals surface area contributed by atoms with Gasteiger partial charge in [-0.25, -0.2) is 8.42 Å². The van der Waals surface area contributed by atoms with E-state index in [1.807, 2.05) is 0 Å². The minimum absolute atomic E-state index is 0.0666. The summed E-state index contributed by atoms with van der Waals surface area (Å²) in [6.07, 6.45) is 5.41. The van der Waals surface area contributed by atoms with Gasteiger partial charge in [0.15, 0.2) is 0 Å². The van der Waals surface area contributed by atoms with Crippen LogP contribution in [-0.4, -0.2) is 52.0 Å². The van der Waals surface area contributed by atoms with E-state index >= 15 is 0 Å². The van der Waals surface area contributed by atoms with E-state index in [0.717, 1.165) is 0 Å². The summed E-state index contributed by atoms with van der Waals surface area (Å²) in [6, 6.07) is 4.63. The lowest BCUT2D eigenvalue weighted by molar-refractivity contribution is -0.117. The third kappa shape index (κ3) is 4.34. The van der Waals surface area contributed by atoms with Crippen LogP contribution < -0.4 is 10.1 Å². The molecule has 7 nitrogen and oxygen atoms in total. The highest BCUT2D eigenvalue weighted by Gasteiger charge is 2.42. The summed E-state index contributed by atoms with van der Waals surface area (Å²) in [4.78, 5) is 12.8. The summed E-state index contributed by atoms with van der Waals surface area (Å²) >= 11 is 0. The fourth-order valence-corrected chi connectivity index (χ4v) is 5.50. The van der Waals surface area contributed by atoms with Gasteiger partial charge in [0, 0.05) is 19.5 Å². The van der Waals surface area contributed by atoms with Crippen molar-refractivity contribution in [2.75, 3.05) is 38.7 Å². The zero-order valence-electron chi connectivity index (χ0n) is 16.2. The van der Waals surface area contributed by atoms with Gasteiger partial charge in [0.2, 0.25) is 15.9 Å². The van der Waals surface area contributed by atoms with Crippen LogP contribution in [0.25, 0.3) is 0 Å². The Hall–Kier alpha value is -1.64. The van der Waals surface area contributed by atoms with Crippen LogP contribution in [0, 0.1) is 17.8 Å². The van der Waals surface area contributed by atoms with Crippen LogP contribution >= 0.6 is 0 Å². The van der Waals surface area contributed by atoms with Gasteiger partial charge in [-0.2, -0.15) is 4.31 Å². The largest absolute Gasteiger partial charge is 0.495 e. The van der Waals surface area contributed by atoms with E-state index in [9.17, 15) is 13.2 Å². The molecule has 0 aromatic heterocycles. The zero-order chi connectivity index (χ0) is 19.7. The number of morpholine rings is 1. The minimum Gasteiger partial charge on any atom is -0.495 e. The lowest BCUT2D eigenvalue weighted by atomic mass is 9.94. The van der Waals surface area contributed by atoms with Crippen molar-refractivity contribution in [3.8, 4) is 5.75 Å². The molecule has 2 saturated carbocycles. The molecule has 3 fully saturated rings. The molecule has 8 heteroatoms. The van der Waals surface area contributed by atoms with Crippen LogP contribution in [0.15, 0.2) is 23.1 Å². The number of nitrogens with zero attached hydrogens (tertiary/aromatic N) is 1. The van der Waals surface area contributed by atoms with E-state index < -0.39 is 10.0 Å². The Labute approximate surface area is 166 Å². The number of methoxy groups -OCH3 is 1. The molecule has 1 N–H and O–H groups in total. The Morgan fingerprint density at radius 1 is 1.21 bits per heavy atom. The van der Waals surface area contributed by atoms with Crippen LogP contribution in [0.1, 0.15) is 32.1 Å². The molecule has 0 bridgehead atoms. The number of anilines is 1. The van der Waals surface area contributed by atoms with Crippen molar-refractivity contribution < 1.29 is 22.7 Å². The molecule has 154 valence electrons. The molecular weight excluding hydrogens is 380 g/mol. The third-order valence-electron chi connectivity index (χ3n) is 5.93. The fraction of sp³-hybridized carbons (Fsp3) is 0.650. The number of hydrogen-bond acceptors (Lipinski definition) is 5. The Morgan fingerprint density at radius 3 is 2.43 bits per heavy atom. The summed E-state index contributed by atoms with van der Waals surface area (Å²) in [5.74, 6) is 2.24. The highest BCUT2D eigenvalue weighted by molar-refractivity contribution is 7.89. The zero-order valence-corrected chi connectivity index (χ0v) is 17.0. The molecule has 1 aromatic rings. The number of benzene rings is 1. The number of ether oxygens (including phenoxy) is 2. The molecule has 0 radical (unpaired) electrons. The molecule has 1 amide bonds. The van der Waals surface area contributed by atoms with Crippen LogP contribution in [0.5, 0.6) is 5.75 Å².